The van der Waals surface area contributed by atoms with Crippen molar-refractivity contribution < 1.29 is 5.11 Å². The molecule has 13 heavy (non-hydrogen) atoms. The molecule has 1 aromatic rings. The largest absolute Gasteiger partial charge is 0.391 e. The fourth-order valence-electron chi connectivity index (χ4n) is 1.04. The van der Waals surface area contributed by atoms with E-state index in [2.05, 4.69) is 15.9 Å². The molecule has 4 heteroatoms. The second kappa shape index (κ2) is 4.35. The van der Waals surface area contributed by atoms with Gasteiger partial charge in [-0.3, -0.25) is 0 Å². The van der Waals surface area contributed by atoms with Crippen LogP contribution in [0.3, 0.4) is 0 Å². The average molecular weight is 262 g/mol. The summed E-state index contributed by atoms with van der Waals surface area (Å²) < 4.78 is 3.48. The van der Waals surface area contributed by atoms with E-state index in [-0.39, 0.29) is 6.04 Å². The quantitative estimate of drug-likeness (QED) is 0.829. The number of aromatic nitrogens is 1. The SMILES string of the molecule is CC(O)C(C)n1cccc(Br)c1=S. The van der Waals surface area contributed by atoms with E-state index in [1.54, 1.807) is 6.92 Å². The summed E-state index contributed by atoms with van der Waals surface area (Å²) in [6.07, 6.45) is 1.48. The molecule has 0 aromatic carbocycles. The lowest BCUT2D eigenvalue weighted by molar-refractivity contribution is 0.138. The first-order valence-corrected chi connectivity index (χ1v) is 5.29. The van der Waals surface area contributed by atoms with Gasteiger partial charge in [0, 0.05) is 6.20 Å². The summed E-state index contributed by atoms with van der Waals surface area (Å²) in [5, 5.41) is 9.41. The predicted molar refractivity (Wildman–Crippen MR) is 59.4 cm³/mol. The number of aliphatic hydroxyl groups excluding tert-OH is 1. The Morgan fingerprint density at radius 1 is 1.54 bits per heavy atom. The fourth-order valence-corrected chi connectivity index (χ4v) is 1.69. The lowest BCUT2D eigenvalue weighted by atomic mass is 10.2. The highest BCUT2D eigenvalue weighted by molar-refractivity contribution is 9.10. The predicted octanol–water partition coefficient (Wildman–Crippen LogP) is 2.92. The summed E-state index contributed by atoms with van der Waals surface area (Å²) in [6, 6.07) is 3.80. The molecule has 0 amide bonds. The van der Waals surface area contributed by atoms with E-state index < -0.39 is 6.10 Å². The van der Waals surface area contributed by atoms with E-state index in [0.29, 0.717) is 0 Å². The van der Waals surface area contributed by atoms with Gasteiger partial charge in [-0.15, -0.1) is 0 Å². The molecular formula is C9H12BrNOS. The first-order chi connectivity index (χ1) is 6.04. The fraction of sp³-hybridized carbons (Fsp3) is 0.444. The Morgan fingerprint density at radius 2 is 2.15 bits per heavy atom. The van der Waals surface area contributed by atoms with E-state index in [4.69, 9.17) is 12.2 Å². The van der Waals surface area contributed by atoms with Crippen molar-refractivity contribution in [3.8, 4) is 0 Å². The van der Waals surface area contributed by atoms with Crippen LogP contribution >= 0.6 is 28.1 Å². The van der Waals surface area contributed by atoms with Gasteiger partial charge in [0.2, 0.25) is 0 Å². The van der Waals surface area contributed by atoms with Crippen molar-refractivity contribution >= 4 is 28.1 Å². The second-order valence-corrected chi connectivity index (χ2v) is 4.29. The molecule has 1 N–H and O–H groups in total. The Hall–Kier alpha value is -0.190. The van der Waals surface area contributed by atoms with Crippen LogP contribution in [0.5, 0.6) is 0 Å². The second-order valence-electron chi connectivity index (χ2n) is 3.05. The Bertz CT molecular complexity index is 348. The van der Waals surface area contributed by atoms with Gasteiger partial charge < -0.3 is 9.67 Å². The van der Waals surface area contributed by atoms with Crippen LogP contribution in [0.25, 0.3) is 0 Å². The van der Waals surface area contributed by atoms with Crippen molar-refractivity contribution in [2.45, 2.75) is 26.0 Å². The van der Waals surface area contributed by atoms with Crippen LogP contribution < -0.4 is 0 Å². The van der Waals surface area contributed by atoms with Crippen LogP contribution in [0.15, 0.2) is 22.8 Å². The molecule has 0 aliphatic heterocycles. The molecule has 0 spiro atoms. The minimum absolute atomic E-state index is 0.00463. The van der Waals surface area contributed by atoms with E-state index in [1.807, 2.05) is 29.8 Å². The summed E-state index contributed by atoms with van der Waals surface area (Å²) in [5.41, 5.74) is 0. The Kier molecular flexibility index (Phi) is 3.64. The van der Waals surface area contributed by atoms with Crippen LogP contribution in [0.4, 0.5) is 0 Å². The maximum absolute atomic E-state index is 9.41. The third kappa shape index (κ3) is 2.39. The van der Waals surface area contributed by atoms with Crippen molar-refractivity contribution in [2.24, 2.45) is 0 Å². The topological polar surface area (TPSA) is 25.2 Å². The van der Waals surface area contributed by atoms with Crippen molar-refractivity contribution in [2.75, 3.05) is 0 Å². The average Bonchev–Trinajstić information content (AvgIpc) is 2.08. The van der Waals surface area contributed by atoms with E-state index in [1.165, 1.54) is 0 Å². The third-order valence-electron chi connectivity index (χ3n) is 2.06. The zero-order valence-electron chi connectivity index (χ0n) is 7.57. The summed E-state index contributed by atoms with van der Waals surface area (Å²) in [5.74, 6) is 0. The smallest absolute Gasteiger partial charge is 0.120 e. The first-order valence-electron chi connectivity index (χ1n) is 4.08. The number of nitrogens with zero attached hydrogens (tertiary/aromatic N) is 1. The van der Waals surface area contributed by atoms with Gasteiger partial charge in [-0.05, 0) is 41.9 Å². The zero-order chi connectivity index (χ0) is 10.0. The van der Waals surface area contributed by atoms with Crippen LogP contribution in [0, 0.1) is 4.64 Å². The number of hydrogen-bond donors (Lipinski definition) is 1. The summed E-state index contributed by atoms with van der Waals surface area (Å²) >= 11 is 8.55. The molecule has 0 saturated carbocycles. The Labute approximate surface area is 91.3 Å². The highest BCUT2D eigenvalue weighted by atomic mass is 79.9. The van der Waals surface area contributed by atoms with E-state index in [0.717, 1.165) is 9.11 Å². The van der Waals surface area contributed by atoms with Crippen LogP contribution in [0.1, 0.15) is 19.9 Å². The van der Waals surface area contributed by atoms with Crippen molar-refractivity contribution in [3.05, 3.63) is 27.4 Å². The Balaban J connectivity index is 3.16. The molecule has 0 saturated heterocycles. The maximum atomic E-state index is 9.41. The molecule has 0 aliphatic rings. The van der Waals surface area contributed by atoms with Crippen molar-refractivity contribution in [1.29, 1.82) is 0 Å². The van der Waals surface area contributed by atoms with Gasteiger partial charge in [-0.2, -0.15) is 0 Å². The minimum atomic E-state index is -0.402. The van der Waals surface area contributed by atoms with Crippen LogP contribution in [-0.2, 0) is 0 Å². The number of halogens is 1. The summed E-state index contributed by atoms with van der Waals surface area (Å²) in [7, 11) is 0. The molecule has 0 fully saturated rings. The van der Waals surface area contributed by atoms with Crippen molar-refractivity contribution in [3.63, 3.8) is 0 Å². The lowest BCUT2D eigenvalue weighted by Gasteiger charge is -2.19. The van der Waals surface area contributed by atoms with Crippen molar-refractivity contribution in [1.82, 2.24) is 4.57 Å². The van der Waals surface area contributed by atoms with Gasteiger partial charge >= 0.3 is 0 Å². The van der Waals surface area contributed by atoms with Gasteiger partial charge in [0.15, 0.2) is 0 Å². The molecule has 2 unspecified atom stereocenters. The van der Waals surface area contributed by atoms with Gasteiger partial charge in [-0.1, -0.05) is 12.2 Å². The van der Waals surface area contributed by atoms with Gasteiger partial charge in [0.25, 0.3) is 0 Å². The molecule has 2 atom stereocenters. The molecule has 0 aliphatic carbocycles. The van der Waals surface area contributed by atoms with E-state index >= 15 is 0 Å². The Morgan fingerprint density at radius 3 is 2.69 bits per heavy atom. The molecular weight excluding hydrogens is 250 g/mol. The number of rotatable bonds is 2. The number of hydrogen-bond acceptors (Lipinski definition) is 2. The normalized spacial score (nSPS) is 15.4. The lowest BCUT2D eigenvalue weighted by Crippen LogP contribution is -2.18. The van der Waals surface area contributed by atoms with Crippen LogP contribution in [0.2, 0.25) is 0 Å². The highest BCUT2D eigenvalue weighted by Crippen LogP contribution is 2.17. The first kappa shape index (κ1) is 10.9. The highest BCUT2D eigenvalue weighted by Gasteiger charge is 2.10. The molecule has 0 radical (unpaired) electrons. The zero-order valence-corrected chi connectivity index (χ0v) is 9.97. The molecule has 2 nitrogen and oxygen atoms in total. The number of pyridine rings is 1. The summed E-state index contributed by atoms with van der Waals surface area (Å²) in [4.78, 5) is 0. The monoisotopic (exact) mass is 261 g/mol. The standard InChI is InChI=1S/C9H12BrNOS/c1-6(7(2)12)11-5-3-4-8(10)9(11)13/h3-7,12H,1-2H3. The van der Waals surface area contributed by atoms with E-state index in [9.17, 15) is 5.11 Å². The molecule has 1 heterocycles. The molecule has 0 bridgehead atoms. The summed E-state index contributed by atoms with van der Waals surface area (Å²) in [6.45, 7) is 3.69. The maximum Gasteiger partial charge on any atom is 0.120 e. The van der Waals surface area contributed by atoms with Gasteiger partial charge in [0.1, 0.15) is 4.64 Å². The van der Waals surface area contributed by atoms with Crippen LogP contribution in [-0.4, -0.2) is 15.8 Å². The molecule has 1 aromatic heterocycles. The number of aliphatic hydroxyl groups is 1. The minimum Gasteiger partial charge on any atom is -0.391 e. The molecule has 72 valence electrons. The van der Waals surface area contributed by atoms with Gasteiger partial charge in [-0.25, -0.2) is 0 Å². The molecule has 1 rings (SSSR count). The third-order valence-corrected chi connectivity index (χ3v) is 3.40. The van der Waals surface area contributed by atoms with Gasteiger partial charge in [0.05, 0.1) is 16.6 Å².